The molecule has 0 spiro atoms. The minimum atomic E-state index is -0.997. The second kappa shape index (κ2) is 7.61. The minimum absolute atomic E-state index is 0.00562. The lowest BCUT2D eigenvalue weighted by molar-refractivity contribution is -0.163. The maximum absolute atomic E-state index is 13.0. The summed E-state index contributed by atoms with van der Waals surface area (Å²) in [5, 5.41) is 0. The first kappa shape index (κ1) is 18.2. The quantitative estimate of drug-likeness (QED) is 0.848. The molecule has 2 amide bonds. The summed E-state index contributed by atoms with van der Waals surface area (Å²) in [7, 11) is 0. The highest BCUT2D eigenvalue weighted by Gasteiger charge is 2.41. The lowest BCUT2D eigenvalue weighted by atomic mass is 9.96. The van der Waals surface area contributed by atoms with E-state index >= 15 is 0 Å². The predicted molar refractivity (Wildman–Crippen MR) is 85.8 cm³/mol. The molecule has 0 unspecified atom stereocenters. The Morgan fingerprint density at radius 1 is 1.38 bits per heavy atom. The number of nitrogens with two attached hydrogens (primary N) is 1. The molecule has 7 heteroatoms. The van der Waals surface area contributed by atoms with Gasteiger partial charge in [-0.1, -0.05) is 13.8 Å². The lowest BCUT2D eigenvalue weighted by Crippen LogP contribution is -2.58. The van der Waals surface area contributed by atoms with Gasteiger partial charge in [0.15, 0.2) is 0 Å². The van der Waals surface area contributed by atoms with Gasteiger partial charge in [0.2, 0.25) is 11.8 Å². The first-order valence-corrected chi connectivity index (χ1v) is 7.91. The number of hydrogen-bond acceptors (Lipinski definition) is 4. The molecule has 1 fully saturated rings. The van der Waals surface area contributed by atoms with Crippen LogP contribution < -0.4 is 10.5 Å². The van der Waals surface area contributed by atoms with Crippen molar-refractivity contribution in [2.75, 3.05) is 26.3 Å². The number of rotatable bonds is 6. The Balaban J connectivity index is 2.11. The maximum Gasteiger partial charge on any atom is 0.225 e. The van der Waals surface area contributed by atoms with Crippen LogP contribution in [0.4, 0.5) is 4.39 Å². The summed E-state index contributed by atoms with van der Waals surface area (Å²) in [6.07, 6.45) is -0.0595. The van der Waals surface area contributed by atoms with Crippen LogP contribution in [-0.2, 0) is 14.3 Å². The molecule has 1 aromatic rings. The van der Waals surface area contributed by atoms with Crippen LogP contribution in [0.2, 0.25) is 0 Å². The summed E-state index contributed by atoms with van der Waals surface area (Å²) in [5.41, 5.74) is 4.35. The second-order valence-corrected chi connectivity index (χ2v) is 6.33. The standard InChI is InChI=1S/C17H23FN2O4/c1-12(2)16(22)20-7-8-24-17(10-20,9-15(19)21)11-23-14-5-3-13(18)4-6-14/h3-6,12H,7-11H2,1-2H3,(H2,19,21)/t17-/m0/s1. The topological polar surface area (TPSA) is 81.9 Å². The third kappa shape index (κ3) is 4.67. The van der Waals surface area contributed by atoms with Crippen molar-refractivity contribution >= 4 is 11.8 Å². The van der Waals surface area contributed by atoms with Gasteiger partial charge in [0.1, 0.15) is 23.8 Å². The van der Waals surface area contributed by atoms with Gasteiger partial charge in [-0.05, 0) is 24.3 Å². The fourth-order valence-electron chi connectivity index (χ4n) is 2.71. The number of nitrogens with zero attached hydrogens (tertiary/aromatic N) is 1. The SMILES string of the molecule is CC(C)C(=O)N1CCO[C@@](COc2ccc(F)cc2)(CC(N)=O)C1. The molecule has 0 aliphatic carbocycles. The molecule has 2 N–H and O–H groups in total. The number of amides is 2. The van der Waals surface area contributed by atoms with E-state index in [1.165, 1.54) is 24.3 Å². The Morgan fingerprint density at radius 2 is 2.04 bits per heavy atom. The minimum Gasteiger partial charge on any atom is -0.490 e. The average molecular weight is 338 g/mol. The van der Waals surface area contributed by atoms with Gasteiger partial charge in [-0.25, -0.2) is 4.39 Å². The summed E-state index contributed by atoms with van der Waals surface area (Å²) in [4.78, 5) is 25.4. The molecule has 2 rings (SSSR count). The molecule has 24 heavy (non-hydrogen) atoms. The lowest BCUT2D eigenvalue weighted by Gasteiger charge is -2.42. The van der Waals surface area contributed by atoms with Crippen molar-refractivity contribution in [3.63, 3.8) is 0 Å². The van der Waals surface area contributed by atoms with E-state index in [0.717, 1.165) is 0 Å². The molecule has 1 aliphatic heterocycles. The zero-order valence-corrected chi connectivity index (χ0v) is 14.0. The Kier molecular flexibility index (Phi) is 5.77. The highest BCUT2D eigenvalue weighted by Crippen LogP contribution is 2.25. The first-order chi connectivity index (χ1) is 11.3. The van der Waals surface area contributed by atoms with Crippen LogP contribution in [0.1, 0.15) is 20.3 Å². The summed E-state index contributed by atoms with van der Waals surface area (Å²) in [6.45, 7) is 4.69. The van der Waals surface area contributed by atoms with E-state index in [1.807, 2.05) is 13.8 Å². The van der Waals surface area contributed by atoms with Crippen LogP contribution in [0.3, 0.4) is 0 Å². The molecule has 1 aliphatic rings. The molecule has 1 atom stereocenters. The first-order valence-electron chi connectivity index (χ1n) is 7.91. The molecule has 132 valence electrons. The van der Waals surface area contributed by atoms with Crippen LogP contribution in [0.25, 0.3) is 0 Å². The molecule has 0 bridgehead atoms. The van der Waals surface area contributed by atoms with Crippen LogP contribution in [0, 0.1) is 11.7 Å². The van der Waals surface area contributed by atoms with E-state index in [0.29, 0.717) is 18.9 Å². The van der Waals surface area contributed by atoms with Gasteiger partial charge >= 0.3 is 0 Å². The highest BCUT2D eigenvalue weighted by molar-refractivity contribution is 5.79. The van der Waals surface area contributed by atoms with Gasteiger partial charge in [-0.3, -0.25) is 9.59 Å². The number of morpholine rings is 1. The number of hydrogen-bond donors (Lipinski definition) is 1. The number of halogens is 1. The Morgan fingerprint density at radius 3 is 2.62 bits per heavy atom. The van der Waals surface area contributed by atoms with Gasteiger partial charge in [0.05, 0.1) is 19.6 Å². The van der Waals surface area contributed by atoms with E-state index in [2.05, 4.69) is 0 Å². The smallest absolute Gasteiger partial charge is 0.225 e. The summed E-state index contributed by atoms with van der Waals surface area (Å²) in [6, 6.07) is 5.55. The van der Waals surface area contributed by atoms with Gasteiger partial charge in [-0.2, -0.15) is 0 Å². The van der Waals surface area contributed by atoms with E-state index < -0.39 is 11.5 Å². The summed E-state index contributed by atoms with van der Waals surface area (Å²) >= 11 is 0. The summed E-state index contributed by atoms with van der Waals surface area (Å²) < 4.78 is 24.4. The molecule has 1 heterocycles. The van der Waals surface area contributed by atoms with Crippen LogP contribution in [-0.4, -0.2) is 48.6 Å². The average Bonchev–Trinajstić information content (AvgIpc) is 2.53. The van der Waals surface area contributed by atoms with E-state index in [1.54, 1.807) is 4.90 Å². The normalized spacial score (nSPS) is 20.9. The molecule has 6 nitrogen and oxygen atoms in total. The van der Waals surface area contributed by atoms with E-state index in [4.69, 9.17) is 15.2 Å². The third-order valence-electron chi connectivity index (χ3n) is 3.87. The van der Waals surface area contributed by atoms with E-state index in [-0.39, 0.29) is 37.2 Å². The monoisotopic (exact) mass is 338 g/mol. The van der Waals surface area contributed by atoms with Gasteiger partial charge < -0.3 is 20.1 Å². The highest BCUT2D eigenvalue weighted by atomic mass is 19.1. The van der Waals surface area contributed by atoms with Crippen molar-refractivity contribution in [3.05, 3.63) is 30.1 Å². The number of benzene rings is 1. The van der Waals surface area contributed by atoms with Gasteiger partial charge in [0, 0.05) is 12.5 Å². The predicted octanol–water partition coefficient (Wildman–Crippen LogP) is 1.33. The molecule has 1 saturated heterocycles. The number of carbonyl (C=O) groups is 2. The van der Waals surface area contributed by atoms with Crippen molar-refractivity contribution < 1.29 is 23.5 Å². The molecule has 1 aromatic carbocycles. The van der Waals surface area contributed by atoms with Gasteiger partial charge in [-0.15, -0.1) is 0 Å². The number of carbonyl (C=O) groups excluding carboxylic acids is 2. The number of ether oxygens (including phenoxy) is 2. The largest absolute Gasteiger partial charge is 0.490 e. The molecular weight excluding hydrogens is 315 g/mol. The van der Waals surface area contributed by atoms with Crippen LogP contribution in [0.5, 0.6) is 5.75 Å². The zero-order valence-electron chi connectivity index (χ0n) is 14.0. The Hall–Kier alpha value is -2.15. The maximum atomic E-state index is 13.0. The zero-order chi connectivity index (χ0) is 17.7. The Labute approximate surface area is 140 Å². The fourth-order valence-corrected chi connectivity index (χ4v) is 2.71. The van der Waals surface area contributed by atoms with Crippen molar-refractivity contribution in [1.82, 2.24) is 4.90 Å². The van der Waals surface area contributed by atoms with Crippen molar-refractivity contribution in [3.8, 4) is 5.75 Å². The van der Waals surface area contributed by atoms with Crippen LogP contribution in [0.15, 0.2) is 24.3 Å². The second-order valence-electron chi connectivity index (χ2n) is 6.33. The summed E-state index contributed by atoms with van der Waals surface area (Å²) in [5.74, 6) is -0.592. The molecule has 0 aromatic heterocycles. The van der Waals surface area contributed by atoms with Crippen LogP contribution >= 0.6 is 0 Å². The third-order valence-corrected chi connectivity index (χ3v) is 3.87. The van der Waals surface area contributed by atoms with E-state index in [9.17, 15) is 14.0 Å². The fraction of sp³-hybridized carbons (Fsp3) is 0.529. The van der Waals surface area contributed by atoms with Crippen molar-refractivity contribution in [2.45, 2.75) is 25.9 Å². The number of primary amides is 1. The molecule has 0 radical (unpaired) electrons. The van der Waals surface area contributed by atoms with Gasteiger partial charge in [0.25, 0.3) is 0 Å². The molecular formula is C17H23FN2O4. The van der Waals surface area contributed by atoms with Crippen molar-refractivity contribution in [2.24, 2.45) is 11.7 Å². The molecule has 0 saturated carbocycles. The van der Waals surface area contributed by atoms with Crippen molar-refractivity contribution in [1.29, 1.82) is 0 Å². The Bertz CT molecular complexity index is 591.